The Morgan fingerprint density at radius 2 is 2.08 bits per heavy atom. The lowest BCUT2D eigenvalue weighted by atomic mass is 10.1. The van der Waals surface area contributed by atoms with Crippen LogP contribution in [0.5, 0.6) is 0 Å². The second-order valence-corrected chi connectivity index (χ2v) is 7.15. The molecule has 2 aromatic rings. The van der Waals surface area contributed by atoms with Gasteiger partial charge in [0, 0.05) is 25.4 Å². The maximum Gasteiger partial charge on any atom is 0.318 e. The third kappa shape index (κ3) is 3.71. The standard InChI is InChI=1S/C19H24FN5O/c1-2-17-22-18-10-7-15(12-25(18)23-17)21-19(26)24(16-8-9-16)11-13-3-5-14(20)6-4-13/h3-6,15-16H,2,7-12H2,1H3,(H,21,26). The molecule has 1 aliphatic carbocycles. The van der Waals surface area contributed by atoms with Gasteiger partial charge < -0.3 is 10.2 Å². The molecule has 2 heterocycles. The summed E-state index contributed by atoms with van der Waals surface area (Å²) in [5.41, 5.74) is 0.947. The Kier molecular flexibility index (Phi) is 4.61. The first-order valence-electron chi connectivity index (χ1n) is 9.36. The topological polar surface area (TPSA) is 63.1 Å². The summed E-state index contributed by atoms with van der Waals surface area (Å²) in [4.78, 5) is 19.2. The number of amides is 2. The van der Waals surface area contributed by atoms with Crippen LogP contribution in [0.3, 0.4) is 0 Å². The molecule has 1 N–H and O–H groups in total. The molecule has 0 saturated heterocycles. The predicted octanol–water partition coefficient (Wildman–Crippen LogP) is 2.67. The Hall–Kier alpha value is -2.44. The average molecular weight is 357 g/mol. The van der Waals surface area contributed by atoms with E-state index < -0.39 is 0 Å². The van der Waals surface area contributed by atoms with Gasteiger partial charge in [0.25, 0.3) is 0 Å². The third-order valence-electron chi connectivity index (χ3n) is 5.06. The van der Waals surface area contributed by atoms with E-state index in [-0.39, 0.29) is 23.9 Å². The van der Waals surface area contributed by atoms with E-state index in [1.54, 1.807) is 12.1 Å². The molecule has 1 atom stereocenters. The SMILES string of the molecule is CCc1nc2n(n1)CC(NC(=O)N(Cc1ccc(F)cc1)C1CC1)CC2. The lowest BCUT2D eigenvalue weighted by Crippen LogP contribution is -2.48. The van der Waals surface area contributed by atoms with Crippen LogP contribution in [0.15, 0.2) is 24.3 Å². The summed E-state index contributed by atoms with van der Waals surface area (Å²) in [6.07, 6.45) is 4.60. The molecule has 1 aliphatic heterocycles. The summed E-state index contributed by atoms with van der Waals surface area (Å²) in [5.74, 6) is 1.62. The van der Waals surface area contributed by atoms with Crippen molar-refractivity contribution >= 4 is 6.03 Å². The lowest BCUT2D eigenvalue weighted by Gasteiger charge is -2.28. The van der Waals surface area contributed by atoms with Gasteiger partial charge in [-0.1, -0.05) is 19.1 Å². The molecule has 0 radical (unpaired) electrons. The Morgan fingerprint density at radius 3 is 2.77 bits per heavy atom. The van der Waals surface area contributed by atoms with Gasteiger partial charge >= 0.3 is 6.03 Å². The van der Waals surface area contributed by atoms with Crippen molar-refractivity contribution < 1.29 is 9.18 Å². The second-order valence-electron chi connectivity index (χ2n) is 7.15. The van der Waals surface area contributed by atoms with Gasteiger partial charge in [0.2, 0.25) is 0 Å². The molecular weight excluding hydrogens is 333 g/mol. The van der Waals surface area contributed by atoms with Crippen LogP contribution in [0.2, 0.25) is 0 Å². The summed E-state index contributed by atoms with van der Waals surface area (Å²) < 4.78 is 15.0. The Balaban J connectivity index is 1.40. The molecular formula is C19H24FN5O. The molecule has 0 bridgehead atoms. The molecule has 1 unspecified atom stereocenters. The highest BCUT2D eigenvalue weighted by molar-refractivity contribution is 5.75. The maximum atomic E-state index is 13.1. The fraction of sp³-hybridized carbons (Fsp3) is 0.526. The molecule has 2 amide bonds. The number of hydrogen-bond acceptors (Lipinski definition) is 3. The number of urea groups is 1. The van der Waals surface area contributed by atoms with E-state index in [0.717, 1.165) is 49.3 Å². The van der Waals surface area contributed by atoms with Crippen molar-refractivity contribution in [2.45, 2.75) is 64.2 Å². The number of hydrogen-bond donors (Lipinski definition) is 1. The molecule has 2 aliphatic rings. The molecule has 1 aromatic heterocycles. The zero-order chi connectivity index (χ0) is 18.1. The van der Waals surface area contributed by atoms with Gasteiger partial charge in [-0.3, -0.25) is 0 Å². The average Bonchev–Trinajstić information content (AvgIpc) is 3.39. The van der Waals surface area contributed by atoms with Crippen molar-refractivity contribution in [3.05, 3.63) is 47.3 Å². The highest BCUT2D eigenvalue weighted by atomic mass is 19.1. The van der Waals surface area contributed by atoms with Gasteiger partial charge in [0.05, 0.1) is 12.6 Å². The number of aromatic nitrogens is 3. The van der Waals surface area contributed by atoms with Crippen LogP contribution in [-0.4, -0.2) is 37.8 Å². The van der Waals surface area contributed by atoms with Crippen LogP contribution in [0, 0.1) is 5.82 Å². The van der Waals surface area contributed by atoms with E-state index >= 15 is 0 Å². The van der Waals surface area contributed by atoms with Gasteiger partial charge in [-0.2, -0.15) is 5.10 Å². The highest BCUT2D eigenvalue weighted by Crippen LogP contribution is 2.28. The van der Waals surface area contributed by atoms with Crippen molar-refractivity contribution in [2.24, 2.45) is 0 Å². The van der Waals surface area contributed by atoms with Crippen molar-refractivity contribution in [3.63, 3.8) is 0 Å². The summed E-state index contributed by atoms with van der Waals surface area (Å²) in [6, 6.07) is 6.68. The molecule has 6 nitrogen and oxygen atoms in total. The third-order valence-corrected chi connectivity index (χ3v) is 5.06. The zero-order valence-electron chi connectivity index (χ0n) is 15.0. The number of carbonyl (C=O) groups is 1. The van der Waals surface area contributed by atoms with Crippen LogP contribution in [-0.2, 0) is 25.9 Å². The van der Waals surface area contributed by atoms with Gasteiger partial charge in [-0.15, -0.1) is 0 Å². The summed E-state index contributed by atoms with van der Waals surface area (Å²) in [5, 5.41) is 7.66. The van der Waals surface area contributed by atoms with Crippen molar-refractivity contribution in [1.82, 2.24) is 25.0 Å². The Labute approximate surface area is 152 Å². The summed E-state index contributed by atoms with van der Waals surface area (Å²) in [7, 11) is 0. The minimum absolute atomic E-state index is 0.0406. The summed E-state index contributed by atoms with van der Waals surface area (Å²) in [6.45, 7) is 3.23. The first-order valence-corrected chi connectivity index (χ1v) is 9.36. The van der Waals surface area contributed by atoms with Crippen LogP contribution >= 0.6 is 0 Å². The fourth-order valence-electron chi connectivity index (χ4n) is 3.43. The van der Waals surface area contributed by atoms with Crippen molar-refractivity contribution in [3.8, 4) is 0 Å². The molecule has 1 fully saturated rings. The number of nitrogens with zero attached hydrogens (tertiary/aromatic N) is 4. The minimum Gasteiger partial charge on any atom is -0.333 e. The molecule has 7 heteroatoms. The van der Waals surface area contributed by atoms with Crippen LogP contribution in [0.1, 0.15) is 43.4 Å². The Morgan fingerprint density at radius 1 is 1.31 bits per heavy atom. The first kappa shape index (κ1) is 17.0. The predicted molar refractivity (Wildman–Crippen MR) is 95.0 cm³/mol. The molecule has 138 valence electrons. The van der Waals surface area contributed by atoms with E-state index in [1.807, 2.05) is 16.5 Å². The van der Waals surface area contributed by atoms with Crippen molar-refractivity contribution in [2.75, 3.05) is 0 Å². The van der Waals surface area contributed by atoms with E-state index in [0.29, 0.717) is 13.1 Å². The largest absolute Gasteiger partial charge is 0.333 e. The van der Waals surface area contributed by atoms with Gasteiger partial charge in [0.1, 0.15) is 11.6 Å². The molecule has 0 spiro atoms. The fourth-order valence-corrected chi connectivity index (χ4v) is 3.43. The van der Waals surface area contributed by atoms with Gasteiger partial charge in [0.15, 0.2) is 5.82 Å². The number of rotatable bonds is 5. The Bertz CT molecular complexity index is 784. The number of halogens is 1. The first-order chi connectivity index (χ1) is 12.6. The van der Waals surface area contributed by atoms with Crippen molar-refractivity contribution in [1.29, 1.82) is 0 Å². The monoisotopic (exact) mass is 357 g/mol. The maximum absolute atomic E-state index is 13.1. The highest BCUT2D eigenvalue weighted by Gasteiger charge is 2.34. The lowest BCUT2D eigenvalue weighted by molar-refractivity contribution is 0.183. The van der Waals surface area contributed by atoms with E-state index in [9.17, 15) is 9.18 Å². The van der Waals surface area contributed by atoms with E-state index in [2.05, 4.69) is 15.4 Å². The van der Waals surface area contributed by atoms with Gasteiger partial charge in [-0.05, 0) is 37.0 Å². The zero-order valence-corrected chi connectivity index (χ0v) is 15.0. The molecule has 26 heavy (non-hydrogen) atoms. The molecule has 4 rings (SSSR count). The van der Waals surface area contributed by atoms with E-state index in [4.69, 9.17) is 0 Å². The smallest absolute Gasteiger partial charge is 0.318 e. The minimum atomic E-state index is -0.256. The van der Waals surface area contributed by atoms with Crippen LogP contribution in [0.25, 0.3) is 0 Å². The molecule has 1 saturated carbocycles. The quantitative estimate of drug-likeness (QED) is 0.895. The normalized spacial score (nSPS) is 19.1. The number of carbonyl (C=O) groups excluding carboxylic acids is 1. The second kappa shape index (κ2) is 7.05. The number of benzene rings is 1. The number of nitrogens with one attached hydrogen (secondary N) is 1. The van der Waals surface area contributed by atoms with Crippen LogP contribution in [0.4, 0.5) is 9.18 Å². The van der Waals surface area contributed by atoms with Gasteiger partial charge in [-0.25, -0.2) is 18.9 Å². The van der Waals surface area contributed by atoms with E-state index in [1.165, 1.54) is 12.1 Å². The number of aryl methyl sites for hydroxylation is 2. The molecule has 1 aromatic carbocycles. The number of fused-ring (bicyclic) bond motifs is 1. The van der Waals surface area contributed by atoms with Crippen LogP contribution < -0.4 is 5.32 Å². The summed E-state index contributed by atoms with van der Waals surface area (Å²) >= 11 is 0.